The number of carbonyl (C=O) groups is 1. The molecular formula is C26H27F5N4O2. The number of ether oxygens (including phenoxy) is 1. The standard InChI is InChI=1S/C26H27F5N4O2/c1-25(2,3)35-12-11-20(34-35)19-14-21(23(36)32-17-7-9-18(10-8-17)37-24(27)28)33-22(19)15-5-4-6-16(13-15)26(29,30)31/h4-13,19,21-22,24,33H,14H2,1-3H3,(H,32,36)/t19-,21-,22-/m0/s1. The fourth-order valence-electron chi connectivity index (χ4n) is 4.36. The maximum Gasteiger partial charge on any atom is 0.416 e. The molecule has 0 aliphatic carbocycles. The molecule has 3 aromatic rings. The lowest BCUT2D eigenvalue weighted by atomic mass is 9.90. The smallest absolute Gasteiger partial charge is 0.416 e. The van der Waals surface area contributed by atoms with Crippen molar-refractivity contribution in [1.82, 2.24) is 15.1 Å². The summed E-state index contributed by atoms with van der Waals surface area (Å²) in [6.45, 7) is 2.98. The number of aromatic nitrogens is 2. The molecule has 4 rings (SSSR count). The number of anilines is 1. The number of halogens is 5. The molecule has 0 spiro atoms. The Morgan fingerprint density at radius 3 is 2.41 bits per heavy atom. The Bertz CT molecular complexity index is 1230. The second-order valence-corrected chi connectivity index (χ2v) is 9.91. The molecule has 3 atom stereocenters. The van der Waals surface area contributed by atoms with Crippen LogP contribution in [-0.4, -0.2) is 28.3 Å². The molecule has 0 unspecified atom stereocenters. The van der Waals surface area contributed by atoms with Gasteiger partial charge in [0.05, 0.1) is 22.8 Å². The maximum absolute atomic E-state index is 13.4. The summed E-state index contributed by atoms with van der Waals surface area (Å²) in [5.74, 6) is -0.826. The van der Waals surface area contributed by atoms with Gasteiger partial charge in [0.1, 0.15) is 5.75 Å². The number of nitrogens with one attached hydrogen (secondary N) is 2. The second kappa shape index (κ2) is 10.1. The number of alkyl halides is 5. The largest absolute Gasteiger partial charge is 0.435 e. The van der Waals surface area contributed by atoms with Crippen LogP contribution in [0.25, 0.3) is 0 Å². The molecular weight excluding hydrogens is 495 g/mol. The molecule has 1 fully saturated rings. The van der Waals surface area contributed by atoms with Crippen LogP contribution in [0.2, 0.25) is 0 Å². The molecule has 0 radical (unpaired) electrons. The van der Waals surface area contributed by atoms with Crippen LogP contribution in [0.1, 0.15) is 56.0 Å². The van der Waals surface area contributed by atoms with Crippen molar-refractivity contribution in [3.05, 3.63) is 77.6 Å². The third-order valence-electron chi connectivity index (χ3n) is 6.19. The van der Waals surface area contributed by atoms with E-state index in [2.05, 4.69) is 20.5 Å². The van der Waals surface area contributed by atoms with Gasteiger partial charge in [-0.05, 0) is 75.2 Å². The summed E-state index contributed by atoms with van der Waals surface area (Å²) in [6.07, 6.45) is -2.40. The summed E-state index contributed by atoms with van der Waals surface area (Å²) in [5.41, 5.74) is 0.351. The van der Waals surface area contributed by atoms with E-state index in [-0.39, 0.29) is 17.2 Å². The fraction of sp³-hybridized carbons (Fsp3) is 0.385. The molecule has 37 heavy (non-hydrogen) atoms. The lowest BCUT2D eigenvalue weighted by Gasteiger charge is -2.21. The highest BCUT2D eigenvalue weighted by Crippen LogP contribution is 2.41. The van der Waals surface area contributed by atoms with E-state index in [9.17, 15) is 26.7 Å². The van der Waals surface area contributed by atoms with Crippen molar-refractivity contribution in [3.8, 4) is 5.75 Å². The predicted molar refractivity (Wildman–Crippen MR) is 127 cm³/mol. The zero-order chi connectivity index (χ0) is 27.0. The number of nitrogens with zero attached hydrogens (tertiary/aromatic N) is 2. The minimum Gasteiger partial charge on any atom is -0.435 e. The SMILES string of the molecule is CC(C)(C)n1ccc([C@@H]2C[C@@H](C(=O)Nc3ccc(OC(F)F)cc3)N[C@H]2c2cccc(C(F)(F)F)c2)n1. The van der Waals surface area contributed by atoms with Crippen molar-refractivity contribution in [2.24, 2.45) is 0 Å². The number of benzene rings is 2. The van der Waals surface area contributed by atoms with Gasteiger partial charge in [-0.3, -0.25) is 14.8 Å². The Balaban J connectivity index is 1.59. The Kier molecular flexibility index (Phi) is 7.27. The Hall–Kier alpha value is -3.47. The fourth-order valence-corrected chi connectivity index (χ4v) is 4.36. The van der Waals surface area contributed by atoms with Gasteiger partial charge >= 0.3 is 12.8 Å². The Labute approximate surface area is 210 Å². The summed E-state index contributed by atoms with van der Waals surface area (Å²) < 4.78 is 71.1. The average molecular weight is 523 g/mol. The van der Waals surface area contributed by atoms with Crippen LogP contribution >= 0.6 is 0 Å². The summed E-state index contributed by atoms with van der Waals surface area (Å²) in [5, 5.41) is 10.6. The van der Waals surface area contributed by atoms with E-state index in [1.54, 1.807) is 10.7 Å². The summed E-state index contributed by atoms with van der Waals surface area (Å²) in [4.78, 5) is 13.1. The van der Waals surface area contributed by atoms with Crippen LogP contribution in [-0.2, 0) is 16.5 Å². The van der Waals surface area contributed by atoms with Crippen LogP contribution in [0.15, 0.2) is 60.8 Å². The molecule has 1 aromatic heterocycles. The lowest BCUT2D eigenvalue weighted by molar-refractivity contribution is -0.137. The monoisotopic (exact) mass is 522 g/mol. The van der Waals surface area contributed by atoms with Crippen molar-refractivity contribution in [2.45, 2.75) is 63.5 Å². The zero-order valence-electron chi connectivity index (χ0n) is 20.4. The topological polar surface area (TPSA) is 68.2 Å². The normalized spacial score (nSPS) is 20.3. The highest BCUT2D eigenvalue weighted by atomic mass is 19.4. The minimum absolute atomic E-state index is 0.0499. The van der Waals surface area contributed by atoms with Gasteiger partial charge in [0, 0.05) is 23.8 Å². The molecule has 2 aromatic carbocycles. The van der Waals surface area contributed by atoms with Gasteiger partial charge in [-0.25, -0.2) is 0 Å². The molecule has 6 nitrogen and oxygen atoms in total. The number of carbonyl (C=O) groups excluding carboxylic acids is 1. The van der Waals surface area contributed by atoms with E-state index in [0.29, 0.717) is 23.4 Å². The minimum atomic E-state index is -4.51. The van der Waals surface area contributed by atoms with Gasteiger partial charge in [-0.1, -0.05) is 12.1 Å². The number of amides is 1. The third kappa shape index (κ3) is 6.27. The van der Waals surface area contributed by atoms with E-state index in [0.717, 1.165) is 12.1 Å². The molecule has 1 aliphatic rings. The Morgan fingerprint density at radius 1 is 1.11 bits per heavy atom. The lowest BCUT2D eigenvalue weighted by Crippen LogP contribution is -2.36. The van der Waals surface area contributed by atoms with E-state index in [4.69, 9.17) is 0 Å². The second-order valence-electron chi connectivity index (χ2n) is 9.91. The molecule has 0 saturated carbocycles. The van der Waals surface area contributed by atoms with Crippen molar-refractivity contribution >= 4 is 11.6 Å². The summed E-state index contributed by atoms with van der Waals surface area (Å²) >= 11 is 0. The van der Waals surface area contributed by atoms with Crippen LogP contribution in [0.3, 0.4) is 0 Å². The number of hydrogen-bond acceptors (Lipinski definition) is 4. The van der Waals surface area contributed by atoms with Gasteiger partial charge in [0.25, 0.3) is 0 Å². The quantitative estimate of drug-likeness (QED) is 0.385. The Morgan fingerprint density at radius 2 is 1.81 bits per heavy atom. The van der Waals surface area contributed by atoms with Gasteiger partial charge < -0.3 is 10.1 Å². The van der Waals surface area contributed by atoms with Crippen molar-refractivity contribution in [1.29, 1.82) is 0 Å². The van der Waals surface area contributed by atoms with Crippen molar-refractivity contribution in [2.75, 3.05) is 5.32 Å². The van der Waals surface area contributed by atoms with E-state index < -0.39 is 36.3 Å². The first-order valence-corrected chi connectivity index (χ1v) is 11.7. The molecule has 2 N–H and O–H groups in total. The molecule has 2 heterocycles. The molecule has 1 aliphatic heterocycles. The van der Waals surface area contributed by atoms with E-state index in [1.807, 2.05) is 33.0 Å². The third-order valence-corrected chi connectivity index (χ3v) is 6.19. The van der Waals surface area contributed by atoms with Crippen LogP contribution in [0.5, 0.6) is 5.75 Å². The van der Waals surface area contributed by atoms with Crippen LogP contribution in [0, 0.1) is 0 Å². The van der Waals surface area contributed by atoms with E-state index in [1.165, 1.54) is 30.3 Å². The van der Waals surface area contributed by atoms with Gasteiger partial charge in [-0.15, -0.1) is 0 Å². The number of rotatable bonds is 6. The molecule has 11 heteroatoms. The summed E-state index contributed by atoms with van der Waals surface area (Å²) in [7, 11) is 0. The maximum atomic E-state index is 13.4. The van der Waals surface area contributed by atoms with Gasteiger partial charge in [0.2, 0.25) is 5.91 Å². The first-order valence-electron chi connectivity index (χ1n) is 11.7. The zero-order valence-corrected chi connectivity index (χ0v) is 20.4. The van der Waals surface area contributed by atoms with Gasteiger partial charge in [-0.2, -0.15) is 27.1 Å². The molecule has 198 valence electrons. The summed E-state index contributed by atoms with van der Waals surface area (Å²) in [6, 6.07) is 11.0. The molecule has 1 amide bonds. The van der Waals surface area contributed by atoms with E-state index >= 15 is 0 Å². The molecule has 0 bridgehead atoms. The van der Waals surface area contributed by atoms with Gasteiger partial charge in [0.15, 0.2) is 0 Å². The first kappa shape index (κ1) is 26.6. The van der Waals surface area contributed by atoms with Crippen molar-refractivity contribution < 1.29 is 31.5 Å². The highest BCUT2D eigenvalue weighted by Gasteiger charge is 2.41. The predicted octanol–water partition coefficient (Wildman–Crippen LogP) is 6.08. The van der Waals surface area contributed by atoms with Crippen molar-refractivity contribution in [3.63, 3.8) is 0 Å². The molecule has 1 saturated heterocycles. The van der Waals surface area contributed by atoms with Crippen LogP contribution < -0.4 is 15.4 Å². The highest BCUT2D eigenvalue weighted by molar-refractivity contribution is 5.95. The first-order chi connectivity index (χ1) is 17.3. The average Bonchev–Trinajstić information content (AvgIpc) is 3.47. The number of hydrogen-bond donors (Lipinski definition) is 2. The van der Waals surface area contributed by atoms with Crippen LogP contribution in [0.4, 0.5) is 27.6 Å².